The zero-order chi connectivity index (χ0) is 17.8. The number of amides is 1. The van der Waals surface area contributed by atoms with Crippen molar-refractivity contribution >= 4 is 11.6 Å². The molecule has 0 saturated heterocycles. The molecule has 4 nitrogen and oxygen atoms in total. The van der Waals surface area contributed by atoms with Gasteiger partial charge in [0.1, 0.15) is 11.9 Å². The molecule has 0 spiro atoms. The maximum absolute atomic E-state index is 13.0. The molecule has 1 amide bonds. The smallest absolute Gasteiger partial charge is 0.257 e. The normalized spacial score (nSPS) is 16.6. The van der Waals surface area contributed by atoms with Gasteiger partial charge in [-0.3, -0.25) is 4.79 Å². The lowest BCUT2D eigenvalue weighted by Crippen LogP contribution is -2.43. The Balaban J connectivity index is 1.99. The number of nitrogens with zero attached hydrogens (tertiary/aromatic N) is 1. The fraction of sp³-hybridized carbons (Fsp3) is 0.381. The van der Waals surface area contributed by atoms with Gasteiger partial charge in [-0.25, -0.2) is 0 Å². The molecule has 0 aromatic heterocycles. The Bertz CT molecular complexity index is 742. The molecule has 1 unspecified atom stereocenters. The number of hydrogen-bond donors (Lipinski definition) is 1. The van der Waals surface area contributed by atoms with E-state index >= 15 is 0 Å². The highest BCUT2D eigenvalue weighted by atomic mass is 16.5. The van der Waals surface area contributed by atoms with Crippen molar-refractivity contribution in [1.82, 2.24) is 4.90 Å². The van der Waals surface area contributed by atoms with Gasteiger partial charge in [0.25, 0.3) is 5.91 Å². The summed E-state index contributed by atoms with van der Waals surface area (Å²) < 4.78 is 6.02. The molecule has 1 heterocycles. The Morgan fingerprint density at radius 2 is 1.84 bits per heavy atom. The second-order valence-corrected chi connectivity index (χ2v) is 6.83. The Morgan fingerprint density at radius 1 is 1.12 bits per heavy atom. The van der Waals surface area contributed by atoms with Gasteiger partial charge < -0.3 is 15.0 Å². The molecule has 25 heavy (non-hydrogen) atoms. The van der Waals surface area contributed by atoms with Crippen LogP contribution in [0.2, 0.25) is 0 Å². The van der Waals surface area contributed by atoms with Gasteiger partial charge in [0.15, 0.2) is 0 Å². The molecule has 0 fully saturated rings. The van der Waals surface area contributed by atoms with Crippen LogP contribution < -0.4 is 10.1 Å². The zero-order valence-electron chi connectivity index (χ0n) is 15.2. The maximum Gasteiger partial charge on any atom is 0.257 e. The van der Waals surface area contributed by atoms with Crippen molar-refractivity contribution in [3.8, 4) is 5.75 Å². The quantitative estimate of drug-likeness (QED) is 0.830. The summed E-state index contributed by atoms with van der Waals surface area (Å²) in [6.07, 6.45) is 0.687. The average Bonchev–Trinajstić information content (AvgIpc) is 2.62. The molecule has 4 heteroatoms. The number of anilines is 1. The molecule has 0 radical (unpaired) electrons. The van der Waals surface area contributed by atoms with E-state index < -0.39 is 0 Å². The number of fused-ring (bicyclic) bond motifs is 1. The van der Waals surface area contributed by atoms with Gasteiger partial charge in [0, 0.05) is 17.8 Å². The molecule has 1 aliphatic heterocycles. The van der Waals surface area contributed by atoms with Gasteiger partial charge >= 0.3 is 0 Å². The van der Waals surface area contributed by atoms with Crippen LogP contribution in [0.5, 0.6) is 5.75 Å². The van der Waals surface area contributed by atoms with Crippen LogP contribution in [-0.4, -0.2) is 24.0 Å². The lowest BCUT2D eigenvalue weighted by molar-refractivity contribution is 0.0680. The van der Waals surface area contributed by atoms with Gasteiger partial charge in [0.2, 0.25) is 0 Å². The average molecular weight is 338 g/mol. The summed E-state index contributed by atoms with van der Waals surface area (Å²) in [5.74, 6) is 1.35. The van der Waals surface area contributed by atoms with Crippen molar-refractivity contribution in [3.05, 3.63) is 59.7 Å². The third kappa shape index (κ3) is 3.63. The Hall–Kier alpha value is -2.49. The Morgan fingerprint density at radius 3 is 2.60 bits per heavy atom. The van der Waals surface area contributed by atoms with Crippen molar-refractivity contribution in [1.29, 1.82) is 0 Å². The van der Waals surface area contributed by atoms with E-state index in [-0.39, 0.29) is 12.1 Å². The maximum atomic E-state index is 13.0. The SMILES string of the molecule is CCCN1C(=O)c2ccccc2NC1c1ccccc1OCC(C)C. The standard InChI is InChI=1S/C21H26N2O2/c1-4-13-23-20(22-18-11-7-5-9-16(18)21(23)24)17-10-6-8-12-19(17)25-14-15(2)3/h5-12,15,20,22H,4,13-14H2,1-3H3. The topological polar surface area (TPSA) is 41.6 Å². The minimum Gasteiger partial charge on any atom is -0.493 e. The first-order chi connectivity index (χ1) is 12.1. The highest BCUT2D eigenvalue weighted by Crippen LogP contribution is 2.36. The van der Waals surface area contributed by atoms with E-state index in [9.17, 15) is 4.79 Å². The number of carbonyl (C=O) groups excluding carboxylic acids is 1. The van der Waals surface area contributed by atoms with Crippen LogP contribution in [0.1, 0.15) is 49.3 Å². The molecular weight excluding hydrogens is 312 g/mol. The zero-order valence-corrected chi connectivity index (χ0v) is 15.2. The second kappa shape index (κ2) is 7.60. The van der Waals surface area contributed by atoms with E-state index in [4.69, 9.17) is 4.74 Å². The van der Waals surface area contributed by atoms with Gasteiger partial charge in [-0.15, -0.1) is 0 Å². The summed E-state index contributed by atoms with van der Waals surface area (Å²) in [6, 6.07) is 15.7. The third-order valence-corrected chi connectivity index (χ3v) is 4.27. The van der Waals surface area contributed by atoms with E-state index in [1.54, 1.807) is 0 Å². The van der Waals surface area contributed by atoms with Crippen LogP contribution in [0.3, 0.4) is 0 Å². The predicted molar refractivity (Wildman–Crippen MR) is 101 cm³/mol. The monoisotopic (exact) mass is 338 g/mol. The molecule has 0 aliphatic carbocycles. The number of benzene rings is 2. The first kappa shape index (κ1) is 17.3. The number of ether oxygens (including phenoxy) is 1. The Labute approximate surface area is 149 Å². The summed E-state index contributed by atoms with van der Waals surface area (Å²) in [4.78, 5) is 14.9. The predicted octanol–water partition coefficient (Wildman–Crippen LogP) is 4.70. The molecule has 3 rings (SSSR count). The molecule has 132 valence electrons. The van der Waals surface area contributed by atoms with Crippen LogP contribution in [0.25, 0.3) is 0 Å². The van der Waals surface area contributed by atoms with Crippen molar-refractivity contribution in [2.75, 3.05) is 18.5 Å². The number of rotatable bonds is 6. The first-order valence-electron chi connectivity index (χ1n) is 9.00. The number of hydrogen-bond acceptors (Lipinski definition) is 3. The second-order valence-electron chi connectivity index (χ2n) is 6.83. The van der Waals surface area contributed by atoms with Gasteiger partial charge in [-0.05, 0) is 30.5 Å². The number of nitrogens with one attached hydrogen (secondary N) is 1. The summed E-state index contributed by atoms with van der Waals surface area (Å²) in [5, 5.41) is 3.53. The van der Waals surface area contributed by atoms with Crippen LogP contribution in [0, 0.1) is 5.92 Å². The van der Waals surface area contributed by atoms with Gasteiger partial charge in [0.05, 0.1) is 12.2 Å². The highest BCUT2D eigenvalue weighted by Gasteiger charge is 2.33. The van der Waals surface area contributed by atoms with Crippen LogP contribution >= 0.6 is 0 Å². The summed E-state index contributed by atoms with van der Waals surface area (Å²) in [5.41, 5.74) is 2.61. The third-order valence-electron chi connectivity index (χ3n) is 4.27. The summed E-state index contributed by atoms with van der Waals surface area (Å²) in [7, 11) is 0. The molecule has 1 aliphatic rings. The van der Waals surface area contributed by atoms with Gasteiger partial charge in [-0.2, -0.15) is 0 Å². The van der Waals surface area contributed by atoms with Gasteiger partial charge in [-0.1, -0.05) is 51.1 Å². The fourth-order valence-corrected chi connectivity index (χ4v) is 3.10. The number of para-hydroxylation sites is 2. The van der Waals surface area contributed by atoms with Crippen molar-refractivity contribution in [2.45, 2.75) is 33.4 Å². The van der Waals surface area contributed by atoms with Crippen LogP contribution in [0.4, 0.5) is 5.69 Å². The van der Waals surface area contributed by atoms with Crippen molar-refractivity contribution in [2.24, 2.45) is 5.92 Å². The van der Waals surface area contributed by atoms with E-state index in [1.165, 1.54) is 0 Å². The fourth-order valence-electron chi connectivity index (χ4n) is 3.10. The molecule has 2 aromatic carbocycles. The van der Waals surface area contributed by atoms with E-state index in [0.29, 0.717) is 19.1 Å². The minimum absolute atomic E-state index is 0.0693. The first-order valence-corrected chi connectivity index (χ1v) is 9.00. The highest BCUT2D eigenvalue weighted by molar-refractivity contribution is 6.01. The largest absolute Gasteiger partial charge is 0.493 e. The number of carbonyl (C=O) groups is 1. The molecule has 0 bridgehead atoms. The van der Waals surface area contributed by atoms with E-state index in [0.717, 1.165) is 29.0 Å². The molecule has 0 saturated carbocycles. The Kier molecular flexibility index (Phi) is 5.27. The summed E-state index contributed by atoms with van der Waals surface area (Å²) >= 11 is 0. The lowest BCUT2D eigenvalue weighted by Gasteiger charge is -2.38. The molecular formula is C21H26N2O2. The lowest BCUT2D eigenvalue weighted by atomic mass is 10.0. The van der Waals surface area contributed by atoms with E-state index in [2.05, 4.69) is 26.1 Å². The van der Waals surface area contributed by atoms with Crippen LogP contribution in [-0.2, 0) is 0 Å². The molecule has 2 aromatic rings. The van der Waals surface area contributed by atoms with Crippen LogP contribution in [0.15, 0.2) is 48.5 Å². The summed E-state index contributed by atoms with van der Waals surface area (Å²) in [6.45, 7) is 7.70. The van der Waals surface area contributed by atoms with Crippen molar-refractivity contribution in [3.63, 3.8) is 0 Å². The minimum atomic E-state index is -0.217. The molecule has 1 atom stereocenters. The van der Waals surface area contributed by atoms with E-state index in [1.807, 2.05) is 53.4 Å². The molecule has 1 N–H and O–H groups in total. The van der Waals surface area contributed by atoms with Crippen molar-refractivity contribution < 1.29 is 9.53 Å².